The minimum absolute atomic E-state index is 0.456. The molecule has 0 radical (unpaired) electrons. The third-order valence-electron chi connectivity index (χ3n) is 3.64. The highest BCUT2D eigenvalue weighted by Gasteiger charge is 2.32. The van der Waals surface area contributed by atoms with Gasteiger partial charge in [-0.15, -0.1) is 0 Å². The van der Waals surface area contributed by atoms with Gasteiger partial charge >= 0.3 is 0 Å². The summed E-state index contributed by atoms with van der Waals surface area (Å²) in [6.07, 6.45) is 9.92. The first-order chi connectivity index (χ1) is 8.56. The number of likely N-dealkylation sites (N-methyl/N-ethyl adjacent to an activating group) is 1. The maximum Gasteiger partial charge on any atom is 0.0798 e. The van der Waals surface area contributed by atoms with Crippen LogP contribution in [-0.4, -0.2) is 60.8 Å². The van der Waals surface area contributed by atoms with E-state index < -0.39 is 5.60 Å². The molecule has 0 saturated carbocycles. The van der Waals surface area contributed by atoms with Crippen molar-refractivity contribution in [1.82, 2.24) is 9.80 Å². The third-order valence-corrected chi connectivity index (χ3v) is 3.64. The Morgan fingerprint density at radius 1 is 1.22 bits per heavy atom. The zero-order valence-corrected chi connectivity index (χ0v) is 12.4. The van der Waals surface area contributed by atoms with Gasteiger partial charge in [0, 0.05) is 19.6 Å². The Bertz CT molecular complexity index is 243. The van der Waals surface area contributed by atoms with Gasteiger partial charge in [0.15, 0.2) is 0 Å². The summed E-state index contributed by atoms with van der Waals surface area (Å²) in [5.41, 5.74) is -0.456. The molecule has 0 aliphatic carbocycles. The van der Waals surface area contributed by atoms with Crippen molar-refractivity contribution in [1.29, 1.82) is 0 Å². The molecule has 0 amide bonds. The van der Waals surface area contributed by atoms with E-state index >= 15 is 0 Å². The topological polar surface area (TPSA) is 26.7 Å². The van der Waals surface area contributed by atoms with E-state index in [9.17, 15) is 5.11 Å². The normalized spacial score (nSPS) is 20.9. The van der Waals surface area contributed by atoms with Crippen molar-refractivity contribution in [3.05, 3.63) is 12.2 Å². The highest BCUT2D eigenvalue weighted by atomic mass is 16.3. The van der Waals surface area contributed by atoms with E-state index in [-0.39, 0.29) is 0 Å². The molecule has 0 spiro atoms. The van der Waals surface area contributed by atoms with Crippen molar-refractivity contribution >= 4 is 0 Å². The number of aliphatic hydroxyl groups is 1. The average molecular weight is 254 g/mol. The van der Waals surface area contributed by atoms with Gasteiger partial charge in [-0.3, -0.25) is 0 Å². The molecule has 1 N–H and O–H groups in total. The standard InChI is InChI=1S/C15H30N2O/c1-4-5-6-7-8-11-17-12-9-15(18,10-13-17)14-16(2)3/h5-6,18H,4,7-14H2,1-3H3/b6-5-. The minimum atomic E-state index is -0.456. The van der Waals surface area contributed by atoms with E-state index in [1.165, 1.54) is 19.4 Å². The van der Waals surface area contributed by atoms with E-state index in [1.807, 2.05) is 14.1 Å². The second-order valence-electron chi connectivity index (χ2n) is 5.83. The summed E-state index contributed by atoms with van der Waals surface area (Å²) >= 11 is 0. The Kier molecular flexibility index (Phi) is 6.90. The largest absolute Gasteiger partial charge is 0.388 e. The van der Waals surface area contributed by atoms with Crippen LogP contribution in [-0.2, 0) is 0 Å². The maximum absolute atomic E-state index is 10.4. The molecule has 18 heavy (non-hydrogen) atoms. The highest BCUT2D eigenvalue weighted by Crippen LogP contribution is 2.22. The van der Waals surface area contributed by atoms with Crippen LogP contribution in [0.15, 0.2) is 12.2 Å². The molecule has 0 aromatic carbocycles. The van der Waals surface area contributed by atoms with Crippen molar-refractivity contribution in [3.63, 3.8) is 0 Å². The maximum atomic E-state index is 10.4. The molecule has 1 heterocycles. The Morgan fingerprint density at radius 3 is 2.44 bits per heavy atom. The first-order valence-electron chi connectivity index (χ1n) is 7.30. The molecule has 0 unspecified atom stereocenters. The summed E-state index contributed by atoms with van der Waals surface area (Å²) < 4.78 is 0. The number of rotatable bonds is 7. The van der Waals surface area contributed by atoms with Crippen LogP contribution in [0.2, 0.25) is 0 Å². The van der Waals surface area contributed by atoms with Gasteiger partial charge in [-0.2, -0.15) is 0 Å². The van der Waals surface area contributed by atoms with Crippen molar-refractivity contribution in [2.24, 2.45) is 0 Å². The van der Waals surface area contributed by atoms with Crippen molar-refractivity contribution in [2.75, 3.05) is 40.3 Å². The fourth-order valence-corrected chi connectivity index (χ4v) is 2.66. The van der Waals surface area contributed by atoms with Gasteiger partial charge < -0.3 is 14.9 Å². The molecule has 0 atom stereocenters. The smallest absolute Gasteiger partial charge is 0.0798 e. The number of nitrogens with zero attached hydrogens (tertiary/aromatic N) is 2. The number of hydrogen-bond donors (Lipinski definition) is 1. The highest BCUT2D eigenvalue weighted by molar-refractivity contribution is 4.88. The van der Waals surface area contributed by atoms with Crippen molar-refractivity contribution < 1.29 is 5.11 Å². The monoisotopic (exact) mass is 254 g/mol. The predicted octanol–water partition coefficient (Wildman–Crippen LogP) is 2.12. The van der Waals surface area contributed by atoms with Crippen LogP contribution in [0.25, 0.3) is 0 Å². The van der Waals surface area contributed by atoms with Crippen LogP contribution in [0.4, 0.5) is 0 Å². The number of piperidine rings is 1. The van der Waals surface area contributed by atoms with Gasteiger partial charge in [0.1, 0.15) is 0 Å². The Balaban J connectivity index is 2.17. The summed E-state index contributed by atoms with van der Waals surface area (Å²) in [5.74, 6) is 0. The molecule has 1 fully saturated rings. The minimum Gasteiger partial charge on any atom is -0.388 e. The van der Waals surface area contributed by atoms with Crippen LogP contribution in [0.5, 0.6) is 0 Å². The molecule has 0 aromatic rings. The molecule has 0 aromatic heterocycles. The summed E-state index contributed by atoms with van der Waals surface area (Å²) in [4.78, 5) is 4.58. The summed E-state index contributed by atoms with van der Waals surface area (Å²) in [7, 11) is 4.06. The van der Waals surface area contributed by atoms with Gasteiger partial charge in [0.25, 0.3) is 0 Å². The lowest BCUT2D eigenvalue weighted by molar-refractivity contribution is -0.0372. The van der Waals surface area contributed by atoms with Gasteiger partial charge in [-0.1, -0.05) is 19.1 Å². The zero-order valence-electron chi connectivity index (χ0n) is 12.4. The molecular weight excluding hydrogens is 224 g/mol. The lowest BCUT2D eigenvalue weighted by atomic mass is 9.91. The summed E-state index contributed by atoms with van der Waals surface area (Å²) in [6, 6.07) is 0. The van der Waals surface area contributed by atoms with E-state index in [0.717, 1.165) is 38.9 Å². The lowest BCUT2D eigenvalue weighted by Crippen LogP contribution is -2.49. The van der Waals surface area contributed by atoms with Gasteiger partial charge in [-0.05, 0) is 52.7 Å². The Morgan fingerprint density at radius 2 is 1.89 bits per heavy atom. The molecule has 1 aliphatic heterocycles. The van der Waals surface area contributed by atoms with Crippen LogP contribution in [0.3, 0.4) is 0 Å². The van der Waals surface area contributed by atoms with Crippen molar-refractivity contribution in [2.45, 2.75) is 44.6 Å². The van der Waals surface area contributed by atoms with E-state index in [2.05, 4.69) is 28.9 Å². The second-order valence-corrected chi connectivity index (χ2v) is 5.83. The first kappa shape index (κ1) is 15.7. The molecule has 3 heteroatoms. The van der Waals surface area contributed by atoms with Crippen LogP contribution in [0.1, 0.15) is 39.0 Å². The number of likely N-dealkylation sites (tertiary alicyclic amines) is 1. The van der Waals surface area contributed by atoms with Crippen LogP contribution >= 0.6 is 0 Å². The molecule has 3 nitrogen and oxygen atoms in total. The van der Waals surface area contributed by atoms with Crippen LogP contribution < -0.4 is 0 Å². The van der Waals surface area contributed by atoms with Gasteiger partial charge in [0.2, 0.25) is 0 Å². The number of hydrogen-bond acceptors (Lipinski definition) is 3. The van der Waals surface area contributed by atoms with Gasteiger partial charge in [0.05, 0.1) is 5.60 Å². The first-order valence-corrected chi connectivity index (χ1v) is 7.30. The number of allylic oxidation sites excluding steroid dienone is 2. The van der Waals surface area contributed by atoms with E-state index in [4.69, 9.17) is 0 Å². The van der Waals surface area contributed by atoms with Crippen molar-refractivity contribution in [3.8, 4) is 0 Å². The Labute approximate surface area is 112 Å². The average Bonchev–Trinajstić information content (AvgIpc) is 2.30. The SMILES string of the molecule is CC/C=C\CCCN1CCC(O)(CN(C)C)CC1. The fourth-order valence-electron chi connectivity index (χ4n) is 2.66. The van der Waals surface area contributed by atoms with Crippen LogP contribution in [0, 0.1) is 0 Å². The fraction of sp³-hybridized carbons (Fsp3) is 0.867. The van der Waals surface area contributed by atoms with Gasteiger partial charge in [-0.25, -0.2) is 0 Å². The quantitative estimate of drug-likeness (QED) is 0.557. The predicted molar refractivity (Wildman–Crippen MR) is 77.8 cm³/mol. The second kappa shape index (κ2) is 7.93. The molecular formula is C15H30N2O. The molecule has 1 saturated heterocycles. The molecule has 106 valence electrons. The summed E-state index contributed by atoms with van der Waals surface area (Å²) in [6.45, 7) is 6.22. The van der Waals surface area contributed by atoms with E-state index in [1.54, 1.807) is 0 Å². The lowest BCUT2D eigenvalue weighted by Gasteiger charge is -2.39. The molecule has 1 rings (SSSR count). The molecule has 1 aliphatic rings. The van der Waals surface area contributed by atoms with E-state index in [0.29, 0.717) is 0 Å². The zero-order chi connectivity index (χ0) is 13.4. The Hall–Kier alpha value is -0.380. The molecule has 0 bridgehead atoms. The third kappa shape index (κ3) is 5.98. The summed E-state index contributed by atoms with van der Waals surface area (Å²) in [5, 5.41) is 10.4. The number of unbranched alkanes of at least 4 members (excludes halogenated alkanes) is 1.